The highest BCUT2D eigenvalue weighted by Crippen LogP contribution is 2.32. The second kappa shape index (κ2) is 9.28. The van der Waals surface area contributed by atoms with Gasteiger partial charge in [0.1, 0.15) is 0 Å². The summed E-state index contributed by atoms with van der Waals surface area (Å²) in [6.45, 7) is 4.90. The van der Waals surface area contributed by atoms with E-state index in [9.17, 15) is 9.59 Å². The molecule has 2 amide bonds. The molecule has 6 nitrogen and oxygen atoms in total. The van der Waals surface area contributed by atoms with E-state index in [-0.39, 0.29) is 18.4 Å². The van der Waals surface area contributed by atoms with Crippen LogP contribution in [-0.2, 0) is 9.59 Å². The standard InChI is InChI=1S/C20H28N4O2S/c1-3-10-21-18(25)13-23(2)19(26)14-24-11-6-7-15(12-24)20-22-16-8-4-5-9-17(16)27-20/h4-5,8-9,15H,3,6-7,10-14H2,1-2H3,(H,21,25)/t15-/m0/s1. The Labute approximate surface area is 164 Å². The molecule has 1 aromatic heterocycles. The Hall–Kier alpha value is -1.99. The topological polar surface area (TPSA) is 65.5 Å². The third-order valence-electron chi connectivity index (χ3n) is 4.90. The minimum atomic E-state index is -0.0984. The summed E-state index contributed by atoms with van der Waals surface area (Å²) in [5.74, 6) is 0.271. The quantitative estimate of drug-likeness (QED) is 0.791. The zero-order chi connectivity index (χ0) is 19.2. The zero-order valence-corrected chi connectivity index (χ0v) is 16.9. The number of amides is 2. The lowest BCUT2D eigenvalue weighted by molar-refractivity contribution is -0.135. The van der Waals surface area contributed by atoms with Crippen LogP contribution in [0.3, 0.4) is 0 Å². The van der Waals surface area contributed by atoms with Gasteiger partial charge in [-0.05, 0) is 37.9 Å². The van der Waals surface area contributed by atoms with E-state index in [1.165, 1.54) is 14.6 Å². The molecule has 1 fully saturated rings. The van der Waals surface area contributed by atoms with Gasteiger partial charge in [0.2, 0.25) is 11.8 Å². The number of fused-ring (bicyclic) bond motifs is 1. The number of nitrogens with zero attached hydrogens (tertiary/aromatic N) is 3. The minimum absolute atomic E-state index is 0.00778. The Morgan fingerprint density at radius 3 is 2.96 bits per heavy atom. The lowest BCUT2D eigenvalue weighted by atomic mass is 9.99. The number of hydrogen-bond acceptors (Lipinski definition) is 5. The fraction of sp³-hybridized carbons (Fsp3) is 0.550. The number of hydrogen-bond donors (Lipinski definition) is 1. The lowest BCUT2D eigenvalue weighted by Gasteiger charge is -2.32. The van der Waals surface area contributed by atoms with Gasteiger partial charge in [0.25, 0.3) is 0 Å². The van der Waals surface area contributed by atoms with Gasteiger partial charge in [-0.1, -0.05) is 19.1 Å². The van der Waals surface area contributed by atoms with E-state index >= 15 is 0 Å². The maximum absolute atomic E-state index is 12.5. The van der Waals surface area contributed by atoms with Crippen molar-refractivity contribution in [3.8, 4) is 0 Å². The minimum Gasteiger partial charge on any atom is -0.355 e. The fourth-order valence-electron chi connectivity index (χ4n) is 3.40. The van der Waals surface area contributed by atoms with Crippen LogP contribution in [0.1, 0.15) is 37.1 Å². The van der Waals surface area contributed by atoms with Crippen molar-refractivity contribution >= 4 is 33.4 Å². The second-order valence-corrected chi connectivity index (χ2v) is 8.26. The fourth-order valence-corrected chi connectivity index (χ4v) is 4.49. The first-order valence-corrected chi connectivity index (χ1v) is 10.5. The highest BCUT2D eigenvalue weighted by atomic mass is 32.1. The van der Waals surface area contributed by atoms with Crippen LogP contribution in [-0.4, -0.2) is 66.4 Å². The molecule has 0 bridgehead atoms. The summed E-state index contributed by atoms with van der Waals surface area (Å²) in [6, 6.07) is 8.23. The first kappa shape index (κ1) is 19.8. The van der Waals surface area contributed by atoms with Gasteiger partial charge in [-0.25, -0.2) is 4.98 Å². The molecule has 0 unspecified atom stereocenters. The Kier molecular flexibility index (Phi) is 6.79. The molecule has 1 atom stereocenters. The van der Waals surface area contributed by atoms with Crippen LogP contribution in [0.25, 0.3) is 10.2 Å². The van der Waals surface area contributed by atoms with E-state index in [0.717, 1.165) is 37.9 Å². The van der Waals surface area contributed by atoms with E-state index < -0.39 is 0 Å². The number of aromatic nitrogens is 1. The molecule has 1 saturated heterocycles. The molecule has 1 aliphatic rings. The van der Waals surface area contributed by atoms with E-state index in [2.05, 4.69) is 22.3 Å². The van der Waals surface area contributed by atoms with Crippen LogP contribution in [0.5, 0.6) is 0 Å². The van der Waals surface area contributed by atoms with Crippen molar-refractivity contribution in [2.45, 2.75) is 32.1 Å². The van der Waals surface area contributed by atoms with E-state index in [4.69, 9.17) is 4.98 Å². The number of nitrogens with one attached hydrogen (secondary N) is 1. The average Bonchev–Trinajstić information content (AvgIpc) is 3.11. The van der Waals surface area contributed by atoms with Crippen molar-refractivity contribution in [2.75, 3.05) is 39.8 Å². The summed E-state index contributed by atoms with van der Waals surface area (Å²) in [5.41, 5.74) is 1.06. The van der Waals surface area contributed by atoms with Crippen LogP contribution in [0.15, 0.2) is 24.3 Å². The summed E-state index contributed by atoms with van der Waals surface area (Å²) >= 11 is 1.76. The van der Waals surface area contributed by atoms with Gasteiger partial charge in [-0.15, -0.1) is 11.3 Å². The number of likely N-dealkylation sites (N-methyl/N-ethyl adjacent to an activating group) is 1. The van der Waals surface area contributed by atoms with Crippen molar-refractivity contribution in [3.63, 3.8) is 0 Å². The van der Waals surface area contributed by atoms with Crippen molar-refractivity contribution in [1.29, 1.82) is 0 Å². The van der Waals surface area contributed by atoms with Gasteiger partial charge in [-0.3, -0.25) is 14.5 Å². The van der Waals surface area contributed by atoms with Crippen molar-refractivity contribution in [1.82, 2.24) is 20.1 Å². The third-order valence-corrected chi connectivity index (χ3v) is 6.10. The zero-order valence-electron chi connectivity index (χ0n) is 16.1. The van der Waals surface area contributed by atoms with Crippen LogP contribution < -0.4 is 5.32 Å². The Morgan fingerprint density at radius 1 is 1.37 bits per heavy atom. The van der Waals surface area contributed by atoms with Gasteiger partial charge < -0.3 is 10.2 Å². The van der Waals surface area contributed by atoms with Crippen LogP contribution in [0.4, 0.5) is 0 Å². The Balaban J connectivity index is 1.54. The first-order chi connectivity index (χ1) is 13.1. The number of carbonyl (C=O) groups excluding carboxylic acids is 2. The number of piperidine rings is 1. The molecule has 1 aromatic carbocycles. The van der Waals surface area contributed by atoms with E-state index in [1.807, 2.05) is 19.1 Å². The van der Waals surface area contributed by atoms with Gasteiger partial charge in [-0.2, -0.15) is 0 Å². The molecule has 0 saturated carbocycles. The summed E-state index contributed by atoms with van der Waals surface area (Å²) < 4.78 is 1.22. The summed E-state index contributed by atoms with van der Waals surface area (Å²) in [5, 5.41) is 3.98. The number of para-hydroxylation sites is 1. The van der Waals surface area contributed by atoms with Gasteiger partial charge >= 0.3 is 0 Å². The van der Waals surface area contributed by atoms with E-state index in [1.54, 1.807) is 18.4 Å². The normalized spacial score (nSPS) is 17.8. The first-order valence-electron chi connectivity index (χ1n) is 9.65. The van der Waals surface area contributed by atoms with Gasteiger partial charge in [0.05, 0.1) is 28.3 Å². The monoisotopic (exact) mass is 388 g/mol. The number of rotatable bonds is 7. The van der Waals surface area contributed by atoms with Crippen LogP contribution in [0.2, 0.25) is 0 Å². The molecule has 2 heterocycles. The van der Waals surface area contributed by atoms with E-state index in [0.29, 0.717) is 19.0 Å². The van der Waals surface area contributed by atoms with Crippen LogP contribution in [0, 0.1) is 0 Å². The molecule has 3 rings (SSSR count). The predicted molar refractivity (Wildman–Crippen MR) is 109 cm³/mol. The maximum atomic E-state index is 12.5. The average molecular weight is 389 g/mol. The smallest absolute Gasteiger partial charge is 0.239 e. The highest BCUT2D eigenvalue weighted by Gasteiger charge is 2.26. The Morgan fingerprint density at radius 2 is 2.19 bits per heavy atom. The number of benzene rings is 1. The van der Waals surface area contributed by atoms with Gasteiger partial charge in [0, 0.05) is 26.1 Å². The van der Waals surface area contributed by atoms with Crippen molar-refractivity contribution < 1.29 is 9.59 Å². The van der Waals surface area contributed by atoms with Gasteiger partial charge in [0.15, 0.2) is 0 Å². The van der Waals surface area contributed by atoms with Crippen molar-refractivity contribution in [2.24, 2.45) is 0 Å². The van der Waals surface area contributed by atoms with Crippen molar-refractivity contribution in [3.05, 3.63) is 29.3 Å². The number of thiazole rings is 1. The molecule has 0 aliphatic carbocycles. The summed E-state index contributed by atoms with van der Waals surface area (Å²) in [4.78, 5) is 32.8. The SMILES string of the molecule is CCCNC(=O)CN(C)C(=O)CN1CCC[C@H](c2nc3ccccc3s2)C1. The largest absolute Gasteiger partial charge is 0.355 e. The molecule has 7 heteroatoms. The Bertz CT molecular complexity index is 758. The summed E-state index contributed by atoms with van der Waals surface area (Å²) in [7, 11) is 1.70. The molecular formula is C20H28N4O2S. The molecule has 0 radical (unpaired) electrons. The van der Waals surface area contributed by atoms with Crippen LogP contribution >= 0.6 is 11.3 Å². The summed E-state index contributed by atoms with van der Waals surface area (Å²) in [6.07, 6.45) is 3.07. The predicted octanol–water partition coefficient (Wildman–Crippen LogP) is 2.46. The molecular weight excluding hydrogens is 360 g/mol. The molecule has 27 heavy (non-hydrogen) atoms. The third kappa shape index (κ3) is 5.26. The lowest BCUT2D eigenvalue weighted by Crippen LogP contribution is -2.45. The maximum Gasteiger partial charge on any atom is 0.239 e. The molecule has 0 spiro atoms. The number of likely N-dealkylation sites (tertiary alicyclic amines) is 1. The second-order valence-electron chi connectivity index (χ2n) is 7.19. The molecule has 2 aromatic rings. The highest BCUT2D eigenvalue weighted by molar-refractivity contribution is 7.18. The molecule has 1 N–H and O–H groups in total. The number of carbonyl (C=O) groups is 2. The molecule has 1 aliphatic heterocycles. The molecule has 146 valence electrons.